The second-order valence-corrected chi connectivity index (χ2v) is 5.66. The van der Waals surface area contributed by atoms with Gasteiger partial charge in [-0.1, -0.05) is 24.3 Å². The van der Waals surface area contributed by atoms with Crippen LogP contribution in [0, 0.1) is 16.7 Å². The zero-order valence-electron chi connectivity index (χ0n) is 11.8. The second kappa shape index (κ2) is 4.96. The van der Waals surface area contributed by atoms with Crippen molar-refractivity contribution in [1.82, 2.24) is 0 Å². The van der Waals surface area contributed by atoms with E-state index in [0.29, 0.717) is 12.8 Å². The number of methoxy groups -OCH3 is 1. The lowest BCUT2D eigenvalue weighted by molar-refractivity contribution is -0.136. The van der Waals surface area contributed by atoms with Gasteiger partial charge in [0.25, 0.3) is 0 Å². The summed E-state index contributed by atoms with van der Waals surface area (Å²) in [6.07, 6.45) is 1.70. The molecule has 3 atom stereocenters. The van der Waals surface area contributed by atoms with Crippen LogP contribution in [0.25, 0.3) is 0 Å². The molecule has 0 amide bonds. The highest BCUT2D eigenvalue weighted by Crippen LogP contribution is 2.45. The molecule has 0 radical (unpaired) electrons. The maximum atomic E-state index is 10.8. The lowest BCUT2D eigenvalue weighted by Crippen LogP contribution is -2.55. The number of aliphatic hydroxyl groups is 1. The first kappa shape index (κ1) is 14.0. The number of ether oxygens (including phenoxy) is 1. The highest BCUT2D eigenvalue weighted by atomic mass is 16.5. The van der Waals surface area contributed by atoms with Crippen LogP contribution in [0.1, 0.15) is 31.4 Å². The summed E-state index contributed by atoms with van der Waals surface area (Å²) in [7, 11) is 1.57. The molecule has 1 aromatic carbocycles. The summed E-state index contributed by atoms with van der Waals surface area (Å²) in [6.45, 7) is 3.54. The van der Waals surface area contributed by atoms with Gasteiger partial charge >= 0.3 is 0 Å². The Morgan fingerprint density at radius 1 is 1.42 bits per heavy atom. The summed E-state index contributed by atoms with van der Waals surface area (Å²) < 4.78 is 5.28. The summed E-state index contributed by atoms with van der Waals surface area (Å²) >= 11 is 0. The number of hydrogen-bond donors (Lipinski definition) is 1. The van der Waals surface area contributed by atoms with Gasteiger partial charge < -0.3 is 9.84 Å². The van der Waals surface area contributed by atoms with Gasteiger partial charge in [-0.25, -0.2) is 0 Å². The van der Waals surface area contributed by atoms with E-state index in [0.717, 1.165) is 6.42 Å². The molecule has 0 aliphatic heterocycles. The highest BCUT2D eigenvalue weighted by molar-refractivity contribution is 5.34. The number of aryl methyl sites for hydroxylation is 1. The van der Waals surface area contributed by atoms with Crippen LogP contribution in [0.15, 0.2) is 24.3 Å². The highest BCUT2D eigenvalue weighted by Gasteiger charge is 2.52. The second-order valence-electron chi connectivity index (χ2n) is 5.66. The molecule has 1 aromatic rings. The molecule has 0 bridgehead atoms. The SMILES string of the molecule is COC(C)C(C)(O)C1(C#N)CCc2ccccc2C1. The van der Waals surface area contributed by atoms with Crippen LogP contribution in [0.4, 0.5) is 0 Å². The summed E-state index contributed by atoms with van der Waals surface area (Å²) in [5.41, 5.74) is 0.508. The Labute approximate surface area is 114 Å². The van der Waals surface area contributed by atoms with Crippen molar-refractivity contribution in [3.8, 4) is 6.07 Å². The summed E-state index contributed by atoms with van der Waals surface area (Å²) in [5.74, 6) is 0. The topological polar surface area (TPSA) is 53.2 Å². The molecule has 0 saturated heterocycles. The normalized spacial score (nSPS) is 26.9. The third kappa shape index (κ3) is 2.16. The molecule has 102 valence electrons. The maximum Gasteiger partial charge on any atom is 0.107 e. The lowest BCUT2D eigenvalue weighted by atomic mass is 9.62. The zero-order chi connectivity index (χ0) is 14.1. The molecule has 3 unspecified atom stereocenters. The largest absolute Gasteiger partial charge is 0.386 e. The van der Waals surface area contributed by atoms with Crippen molar-refractivity contribution in [2.45, 2.75) is 44.8 Å². The molecule has 0 heterocycles. The van der Waals surface area contributed by atoms with Gasteiger partial charge in [0.1, 0.15) is 5.60 Å². The fraction of sp³-hybridized carbons (Fsp3) is 0.562. The number of hydrogen-bond acceptors (Lipinski definition) is 3. The van der Waals surface area contributed by atoms with Gasteiger partial charge in [-0.15, -0.1) is 0 Å². The minimum Gasteiger partial charge on any atom is -0.386 e. The van der Waals surface area contributed by atoms with Crippen molar-refractivity contribution >= 4 is 0 Å². The van der Waals surface area contributed by atoms with Gasteiger partial charge in [0.2, 0.25) is 0 Å². The number of benzene rings is 1. The molecule has 0 fully saturated rings. The minimum atomic E-state index is -1.16. The van der Waals surface area contributed by atoms with Gasteiger partial charge in [-0.3, -0.25) is 0 Å². The van der Waals surface area contributed by atoms with E-state index < -0.39 is 11.0 Å². The Morgan fingerprint density at radius 2 is 2.05 bits per heavy atom. The van der Waals surface area contributed by atoms with Crippen molar-refractivity contribution in [2.75, 3.05) is 7.11 Å². The third-order valence-electron chi connectivity index (χ3n) is 4.76. The van der Waals surface area contributed by atoms with Crippen LogP contribution in [-0.4, -0.2) is 23.9 Å². The van der Waals surface area contributed by atoms with E-state index >= 15 is 0 Å². The average molecular weight is 259 g/mol. The molecule has 3 heteroatoms. The van der Waals surface area contributed by atoms with E-state index in [-0.39, 0.29) is 6.10 Å². The van der Waals surface area contributed by atoms with E-state index in [1.54, 1.807) is 14.0 Å². The molecule has 2 rings (SSSR count). The van der Waals surface area contributed by atoms with E-state index in [1.807, 2.05) is 25.1 Å². The number of nitrogens with zero attached hydrogens (tertiary/aromatic N) is 1. The lowest BCUT2D eigenvalue weighted by Gasteiger charge is -2.45. The number of fused-ring (bicyclic) bond motifs is 1. The van der Waals surface area contributed by atoms with Gasteiger partial charge in [-0.2, -0.15) is 5.26 Å². The van der Waals surface area contributed by atoms with Crippen LogP contribution in [-0.2, 0) is 17.6 Å². The Balaban J connectivity index is 2.40. The summed E-state index contributed by atoms with van der Waals surface area (Å²) in [5, 5.41) is 20.5. The Morgan fingerprint density at radius 3 is 2.63 bits per heavy atom. The fourth-order valence-corrected chi connectivity index (χ4v) is 2.99. The fourth-order valence-electron chi connectivity index (χ4n) is 2.99. The van der Waals surface area contributed by atoms with Crippen LogP contribution in [0.5, 0.6) is 0 Å². The minimum absolute atomic E-state index is 0.377. The van der Waals surface area contributed by atoms with Crippen molar-refractivity contribution in [2.24, 2.45) is 5.41 Å². The predicted octanol–water partition coefficient (Wildman–Crippen LogP) is 2.47. The molecular weight excluding hydrogens is 238 g/mol. The number of nitriles is 1. The molecule has 1 aliphatic rings. The maximum absolute atomic E-state index is 10.8. The van der Waals surface area contributed by atoms with Crippen LogP contribution < -0.4 is 0 Å². The van der Waals surface area contributed by atoms with E-state index in [2.05, 4.69) is 12.1 Å². The standard InChI is InChI=1S/C16H21NO2/c1-12(19-3)15(2,18)16(11-17)9-8-13-6-4-5-7-14(13)10-16/h4-7,12,18H,8-10H2,1-3H3. The van der Waals surface area contributed by atoms with Crippen LogP contribution in [0.2, 0.25) is 0 Å². The molecular formula is C16H21NO2. The number of rotatable bonds is 3. The molecule has 19 heavy (non-hydrogen) atoms. The van der Waals surface area contributed by atoms with Crippen molar-refractivity contribution < 1.29 is 9.84 Å². The molecule has 0 aromatic heterocycles. The van der Waals surface area contributed by atoms with Crippen molar-refractivity contribution in [3.05, 3.63) is 35.4 Å². The van der Waals surface area contributed by atoms with Gasteiger partial charge in [-0.05, 0) is 44.2 Å². The van der Waals surface area contributed by atoms with E-state index in [9.17, 15) is 10.4 Å². The van der Waals surface area contributed by atoms with Crippen LogP contribution in [0.3, 0.4) is 0 Å². The quantitative estimate of drug-likeness (QED) is 0.907. The van der Waals surface area contributed by atoms with Crippen molar-refractivity contribution in [3.63, 3.8) is 0 Å². The third-order valence-corrected chi connectivity index (χ3v) is 4.76. The van der Waals surface area contributed by atoms with Gasteiger partial charge in [0, 0.05) is 7.11 Å². The molecule has 0 spiro atoms. The molecule has 0 saturated carbocycles. The Hall–Kier alpha value is -1.37. The van der Waals surface area contributed by atoms with Crippen LogP contribution >= 0.6 is 0 Å². The van der Waals surface area contributed by atoms with Gasteiger partial charge in [0.05, 0.1) is 17.6 Å². The monoisotopic (exact) mass is 259 g/mol. The zero-order valence-corrected chi connectivity index (χ0v) is 11.8. The first-order valence-electron chi connectivity index (χ1n) is 6.70. The molecule has 3 nitrogen and oxygen atoms in total. The summed E-state index contributed by atoms with van der Waals surface area (Å²) in [6, 6.07) is 10.5. The Bertz CT molecular complexity index is 504. The first-order chi connectivity index (χ1) is 8.97. The Kier molecular flexibility index (Phi) is 3.66. The first-order valence-corrected chi connectivity index (χ1v) is 6.70. The smallest absolute Gasteiger partial charge is 0.107 e. The van der Waals surface area contributed by atoms with Gasteiger partial charge in [0.15, 0.2) is 0 Å². The average Bonchev–Trinajstić information content (AvgIpc) is 2.45. The molecule has 1 N–H and O–H groups in total. The molecule has 1 aliphatic carbocycles. The predicted molar refractivity (Wildman–Crippen MR) is 73.6 cm³/mol. The van der Waals surface area contributed by atoms with E-state index in [1.165, 1.54) is 11.1 Å². The van der Waals surface area contributed by atoms with E-state index in [4.69, 9.17) is 4.74 Å². The van der Waals surface area contributed by atoms with Crippen molar-refractivity contribution in [1.29, 1.82) is 5.26 Å². The summed E-state index contributed by atoms with van der Waals surface area (Å²) in [4.78, 5) is 0.